The summed E-state index contributed by atoms with van der Waals surface area (Å²) in [5, 5.41) is 1.92. The normalized spacial score (nSPS) is 16.5. The van der Waals surface area contributed by atoms with Crippen LogP contribution in [0, 0.1) is 0 Å². The maximum atomic E-state index is 10.00. The molecule has 0 bridgehead atoms. The minimum absolute atomic E-state index is 0. The predicted octanol–water partition coefficient (Wildman–Crippen LogP) is -1.40. The van der Waals surface area contributed by atoms with Crippen molar-refractivity contribution in [2.75, 3.05) is 6.61 Å². The molecule has 8 heavy (non-hydrogen) atoms. The third-order valence-electron chi connectivity index (χ3n) is 0.576. The number of carbonyl (C=O) groups excluding carboxylic acids is 2. The van der Waals surface area contributed by atoms with Crippen LogP contribution in [0.25, 0.3) is 0 Å². The molecule has 0 spiro atoms. The summed E-state index contributed by atoms with van der Waals surface area (Å²) in [5.41, 5.74) is 0. The van der Waals surface area contributed by atoms with E-state index in [9.17, 15) is 9.59 Å². The summed E-state index contributed by atoms with van der Waals surface area (Å²) in [6.45, 7) is -0.126. The van der Waals surface area contributed by atoms with Gasteiger partial charge in [0.2, 0.25) is 0 Å². The van der Waals surface area contributed by atoms with Crippen LogP contribution >= 0.6 is 0 Å². The zero-order valence-electron chi connectivity index (χ0n) is 3.43. The fourth-order valence-corrected chi connectivity index (χ4v) is 0.317. The van der Waals surface area contributed by atoms with Gasteiger partial charge in [-0.15, -0.1) is 0 Å². The van der Waals surface area contributed by atoms with E-state index in [0.717, 1.165) is 0 Å². The number of amides is 2. The summed E-state index contributed by atoms with van der Waals surface area (Å²) in [7, 11) is 0. The fraction of sp³-hybridized carbons (Fsp3) is 0.333. The van der Waals surface area contributed by atoms with Gasteiger partial charge in [-0.05, 0) is 0 Å². The third-order valence-corrected chi connectivity index (χ3v) is 0.576. The van der Waals surface area contributed by atoms with Crippen molar-refractivity contribution in [2.45, 2.75) is 0 Å². The van der Waals surface area contributed by atoms with E-state index in [1.165, 1.54) is 0 Å². The Kier molecular flexibility index (Phi) is 2.59. The van der Waals surface area contributed by atoms with Gasteiger partial charge in [-0.1, -0.05) is 0 Å². The summed E-state index contributed by atoms with van der Waals surface area (Å²) in [6, 6.07) is 0. The quantitative estimate of drug-likeness (QED) is 0.389. The minimum atomic E-state index is -0.648. The van der Waals surface area contributed by atoms with Crippen molar-refractivity contribution in [3.63, 3.8) is 0 Å². The zero-order valence-corrected chi connectivity index (χ0v) is 3.43. The first-order chi connectivity index (χ1) is 3.29. The van der Waals surface area contributed by atoms with Gasteiger partial charge in [-0.2, -0.15) is 0 Å². The van der Waals surface area contributed by atoms with Crippen LogP contribution < -0.4 is 5.32 Å². The Labute approximate surface area is 57.7 Å². The molecule has 1 aliphatic rings. The summed E-state index contributed by atoms with van der Waals surface area (Å²) in [6.07, 6.45) is -0.648. The van der Waals surface area contributed by atoms with Crippen molar-refractivity contribution in [2.24, 2.45) is 0 Å². The van der Waals surface area contributed by atoms with E-state index in [1.54, 1.807) is 0 Å². The number of hydrogen-bond donors (Lipinski definition) is 1. The monoisotopic (exact) mass is 109 g/mol. The number of nitrogens with one attached hydrogen (secondary N) is 1. The van der Waals surface area contributed by atoms with E-state index in [-0.39, 0.29) is 31.4 Å². The molecule has 4 nitrogen and oxygen atoms in total. The third kappa shape index (κ3) is 1.56. The Hall–Kier alpha value is -0.463. The Bertz CT molecular complexity index is 110. The van der Waals surface area contributed by atoms with Crippen LogP contribution in [0.15, 0.2) is 0 Å². The molecule has 1 fully saturated rings. The molecule has 1 rings (SSSR count). The van der Waals surface area contributed by atoms with Crippen LogP contribution in [-0.2, 0) is 9.53 Å². The number of rotatable bonds is 0. The number of cyclic esters (lactones) is 1. The van der Waals surface area contributed by atoms with Crippen molar-refractivity contribution in [1.82, 2.24) is 5.32 Å². The molecule has 0 radical (unpaired) electrons. The number of carbonyl (C=O) groups is 2. The first-order valence-electron chi connectivity index (χ1n) is 1.75. The molecule has 0 aromatic heterocycles. The van der Waals surface area contributed by atoms with E-state index in [2.05, 4.69) is 4.74 Å². The molecule has 0 saturated carbocycles. The Balaban J connectivity index is 0.000000490. The van der Waals surface area contributed by atoms with E-state index in [1.807, 2.05) is 5.32 Å². The van der Waals surface area contributed by atoms with E-state index < -0.39 is 6.09 Å². The molecule has 1 heterocycles. The number of imide groups is 1. The van der Waals surface area contributed by atoms with Gasteiger partial charge in [0.25, 0.3) is 5.91 Å². The van der Waals surface area contributed by atoms with Crippen molar-refractivity contribution >= 4 is 30.9 Å². The summed E-state index contributed by atoms with van der Waals surface area (Å²) in [5.74, 6) is -0.370. The summed E-state index contributed by atoms with van der Waals surface area (Å²) in [4.78, 5) is 19.9. The van der Waals surface area contributed by atoms with Crippen LogP contribution in [0.1, 0.15) is 0 Å². The zero-order chi connectivity index (χ0) is 5.28. The number of alkyl carbamates (subject to hydrolysis) is 1. The van der Waals surface area contributed by atoms with Crippen molar-refractivity contribution in [3.8, 4) is 0 Å². The first kappa shape index (κ1) is 7.54. The van der Waals surface area contributed by atoms with Gasteiger partial charge >= 0.3 is 25.0 Å². The average molecular weight is 109 g/mol. The SMILES string of the molecule is O=C1COC(=O)N1.[LiH]. The van der Waals surface area contributed by atoms with Gasteiger partial charge < -0.3 is 4.74 Å². The van der Waals surface area contributed by atoms with Crippen LogP contribution in [0.5, 0.6) is 0 Å². The molecule has 0 unspecified atom stereocenters. The predicted molar refractivity (Wildman–Crippen MR) is 26.6 cm³/mol. The molecule has 0 aliphatic carbocycles. The van der Waals surface area contributed by atoms with Gasteiger partial charge in [0.15, 0.2) is 6.61 Å². The second-order valence-corrected chi connectivity index (χ2v) is 1.12. The van der Waals surface area contributed by atoms with E-state index >= 15 is 0 Å². The molecule has 1 aliphatic heterocycles. The molecule has 0 aromatic rings. The van der Waals surface area contributed by atoms with Gasteiger partial charge in [0.05, 0.1) is 0 Å². The fourth-order valence-electron chi connectivity index (χ4n) is 0.317. The molecule has 5 heteroatoms. The number of ether oxygens (including phenoxy) is 1. The first-order valence-corrected chi connectivity index (χ1v) is 1.75. The van der Waals surface area contributed by atoms with Crippen LogP contribution in [0.4, 0.5) is 4.79 Å². The molecule has 2 amide bonds. The standard InChI is InChI=1S/C3H3NO3.Li.H/c5-2-1-7-3(6)4-2;;/h1H2,(H,4,5,6);;. The molecule has 1 saturated heterocycles. The van der Waals surface area contributed by atoms with Gasteiger partial charge in [0, 0.05) is 0 Å². The molecule has 1 N–H and O–H groups in total. The average Bonchev–Trinajstić information content (AvgIpc) is 1.87. The van der Waals surface area contributed by atoms with Crippen molar-refractivity contribution in [1.29, 1.82) is 0 Å². The van der Waals surface area contributed by atoms with Gasteiger partial charge in [-0.3, -0.25) is 10.1 Å². The Morgan fingerprint density at radius 2 is 2.12 bits per heavy atom. The van der Waals surface area contributed by atoms with Crippen LogP contribution in [-0.4, -0.2) is 37.5 Å². The van der Waals surface area contributed by atoms with Crippen LogP contribution in [0.3, 0.4) is 0 Å². The molecule has 0 aromatic carbocycles. The maximum absolute atomic E-state index is 10.00. The van der Waals surface area contributed by atoms with Crippen molar-refractivity contribution < 1.29 is 14.3 Å². The Morgan fingerprint density at radius 1 is 1.50 bits per heavy atom. The van der Waals surface area contributed by atoms with E-state index in [4.69, 9.17) is 0 Å². The van der Waals surface area contributed by atoms with Crippen molar-refractivity contribution in [3.05, 3.63) is 0 Å². The second-order valence-electron chi connectivity index (χ2n) is 1.12. The van der Waals surface area contributed by atoms with Gasteiger partial charge in [0.1, 0.15) is 0 Å². The van der Waals surface area contributed by atoms with Crippen LogP contribution in [0.2, 0.25) is 0 Å². The molecule has 0 atom stereocenters. The van der Waals surface area contributed by atoms with E-state index in [0.29, 0.717) is 0 Å². The second kappa shape index (κ2) is 2.75. The topological polar surface area (TPSA) is 55.4 Å². The Morgan fingerprint density at radius 3 is 2.25 bits per heavy atom. The summed E-state index contributed by atoms with van der Waals surface area (Å²) >= 11 is 0. The molecular formula is C3H4LiNO3. The number of hydrogen-bond acceptors (Lipinski definition) is 3. The molecular weight excluding hydrogens is 105 g/mol. The summed E-state index contributed by atoms with van der Waals surface area (Å²) < 4.78 is 4.17. The molecule has 40 valence electrons. The van der Waals surface area contributed by atoms with Gasteiger partial charge in [-0.25, -0.2) is 4.79 Å².